The van der Waals surface area contributed by atoms with Gasteiger partial charge in [0.2, 0.25) is 0 Å². The molecule has 0 unspecified atom stereocenters. The van der Waals surface area contributed by atoms with Gasteiger partial charge in [-0.05, 0) is 31.8 Å². The van der Waals surface area contributed by atoms with E-state index >= 15 is 0 Å². The summed E-state index contributed by atoms with van der Waals surface area (Å²) in [5, 5.41) is 3.66. The van der Waals surface area contributed by atoms with Crippen molar-refractivity contribution in [3.8, 4) is 0 Å². The lowest BCUT2D eigenvalue weighted by molar-refractivity contribution is 0.314. The molecule has 1 saturated heterocycles. The Hall–Kier alpha value is -0.0800. The highest BCUT2D eigenvalue weighted by molar-refractivity contribution is 4.81. The van der Waals surface area contributed by atoms with E-state index in [4.69, 9.17) is 0 Å². The quantitative estimate of drug-likeness (QED) is 0.563. The minimum Gasteiger partial charge on any atom is -0.310 e. The predicted octanol–water partition coefficient (Wildman–Crippen LogP) is 4.45. The molecule has 0 amide bonds. The van der Waals surface area contributed by atoms with Gasteiger partial charge in [0.25, 0.3) is 0 Å². The number of rotatable bonds is 11. The van der Waals surface area contributed by atoms with Crippen molar-refractivity contribution in [3.63, 3.8) is 0 Å². The van der Waals surface area contributed by atoms with Crippen LogP contribution in [0.5, 0.6) is 0 Å². The van der Waals surface area contributed by atoms with Crippen LogP contribution < -0.4 is 5.32 Å². The largest absolute Gasteiger partial charge is 0.310 e. The molecule has 120 valence electrons. The third-order valence-electron chi connectivity index (χ3n) is 4.35. The zero-order valence-corrected chi connectivity index (χ0v) is 14.5. The van der Waals surface area contributed by atoms with Crippen molar-refractivity contribution in [2.24, 2.45) is 5.92 Å². The molecule has 0 aromatic heterocycles. The maximum Gasteiger partial charge on any atom is 0.0209 e. The summed E-state index contributed by atoms with van der Waals surface area (Å²) < 4.78 is 0. The summed E-state index contributed by atoms with van der Waals surface area (Å²) in [5.41, 5.74) is 0. The van der Waals surface area contributed by atoms with E-state index in [9.17, 15) is 0 Å². The Labute approximate surface area is 127 Å². The molecule has 1 aliphatic rings. The lowest BCUT2D eigenvalue weighted by Crippen LogP contribution is -2.37. The molecule has 1 rings (SSSR count). The lowest BCUT2D eigenvalue weighted by atomic mass is 10.0. The van der Waals surface area contributed by atoms with Crippen molar-refractivity contribution in [1.82, 2.24) is 10.2 Å². The first kappa shape index (κ1) is 18.0. The summed E-state index contributed by atoms with van der Waals surface area (Å²) in [6.07, 6.45) is 11.4. The first-order valence-corrected chi connectivity index (χ1v) is 9.06. The SMILES string of the molecule is CC(C)CCCCCCCCN1CC[C@H](NC(C)C)C1. The fraction of sp³-hybridized carbons (Fsp3) is 1.00. The molecular formula is C18H38N2. The molecule has 0 bridgehead atoms. The van der Waals surface area contributed by atoms with Crippen LogP contribution in [0.1, 0.15) is 79.1 Å². The summed E-state index contributed by atoms with van der Waals surface area (Å²) in [6.45, 7) is 13.1. The van der Waals surface area contributed by atoms with Gasteiger partial charge in [0, 0.05) is 18.6 Å². The van der Waals surface area contributed by atoms with E-state index in [0.717, 1.165) is 12.0 Å². The number of hydrogen-bond donors (Lipinski definition) is 1. The molecule has 0 radical (unpaired) electrons. The molecule has 1 N–H and O–H groups in total. The van der Waals surface area contributed by atoms with E-state index in [-0.39, 0.29) is 0 Å². The van der Waals surface area contributed by atoms with Gasteiger partial charge in [0.15, 0.2) is 0 Å². The summed E-state index contributed by atoms with van der Waals surface area (Å²) in [7, 11) is 0. The maximum atomic E-state index is 3.66. The van der Waals surface area contributed by atoms with Crippen molar-refractivity contribution in [2.45, 2.75) is 91.1 Å². The van der Waals surface area contributed by atoms with Crippen molar-refractivity contribution in [2.75, 3.05) is 19.6 Å². The molecule has 0 aromatic rings. The second-order valence-corrected chi connectivity index (χ2v) is 7.41. The van der Waals surface area contributed by atoms with Gasteiger partial charge < -0.3 is 10.2 Å². The molecule has 0 aliphatic carbocycles. The highest BCUT2D eigenvalue weighted by Gasteiger charge is 2.21. The van der Waals surface area contributed by atoms with Gasteiger partial charge in [-0.15, -0.1) is 0 Å². The molecule has 20 heavy (non-hydrogen) atoms. The van der Waals surface area contributed by atoms with Crippen LogP contribution in [0.2, 0.25) is 0 Å². The van der Waals surface area contributed by atoms with Gasteiger partial charge in [-0.1, -0.05) is 66.2 Å². The third kappa shape index (κ3) is 8.97. The van der Waals surface area contributed by atoms with E-state index in [1.807, 2.05) is 0 Å². The Morgan fingerprint density at radius 2 is 1.60 bits per heavy atom. The molecule has 1 atom stereocenters. The van der Waals surface area contributed by atoms with E-state index in [1.54, 1.807) is 0 Å². The number of nitrogens with zero attached hydrogens (tertiary/aromatic N) is 1. The molecule has 0 aromatic carbocycles. The Bertz CT molecular complexity index is 225. The third-order valence-corrected chi connectivity index (χ3v) is 4.35. The highest BCUT2D eigenvalue weighted by atomic mass is 15.2. The Kier molecular flexibility index (Phi) is 9.54. The highest BCUT2D eigenvalue weighted by Crippen LogP contribution is 2.14. The fourth-order valence-electron chi connectivity index (χ4n) is 3.24. The van der Waals surface area contributed by atoms with Gasteiger partial charge in [-0.3, -0.25) is 0 Å². The zero-order valence-electron chi connectivity index (χ0n) is 14.5. The minimum absolute atomic E-state index is 0.630. The van der Waals surface area contributed by atoms with Gasteiger partial charge in [0.05, 0.1) is 0 Å². The summed E-state index contributed by atoms with van der Waals surface area (Å²) >= 11 is 0. The molecule has 0 saturated carbocycles. The molecule has 0 spiro atoms. The van der Waals surface area contributed by atoms with Crippen molar-refractivity contribution in [1.29, 1.82) is 0 Å². The molecular weight excluding hydrogens is 244 g/mol. The van der Waals surface area contributed by atoms with Crippen molar-refractivity contribution < 1.29 is 0 Å². The van der Waals surface area contributed by atoms with Crippen LogP contribution in [0.15, 0.2) is 0 Å². The van der Waals surface area contributed by atoms with Crippen LogP contribution in [0.4, 0.5) is 0 Å². The average molecular weight is 283 g/mol. The standard InChI is InChI=1S/C18H38N2/c1-16(2)11-9-7-5-6-8-10-13-20-14-12-18(15-20)19-17(3)4/h16-19H,5-15H2,1-4H3/t18-/m0/s1. The topological polar surface area (TPSA) is 15.3 Å². The smallest absolute Gasteiger partial charge is 0.0209 e. The van der Waals surface area contributed by atoms with E-state index in [0.29, 0.717) is 6.04 Å². The number of unbranched alkanes of at least 4 members (excludes halogenated alkanes) is 5. The summed E-state index contributed by atoms with van der Waals surface area (Å²) in [5.74, 6) is 0.887. The Balaban J connectivity index is 1.87. The number of nitrogens with one attached hydrogen (secondary N) is 1. The monoisotopic (exact) mass is 282 g/mol. The van der Waals surface area contributed by atoms with E-state index in [2.05, 4.69) is 37.9 Å². The van der Waals surface area contributed by atoms with Crippen LogP contribution in [0.25, 0.3) is 0 Å². The molecule has 2 nitrogen and oxygen atoms in total. The van der Waals surface area contributed by atoms with Gasteiger partial charge >= 0.3 is 0 Å². The number of likely N-dealkylation sites (tertiary alicyclic amines) is 1. The van der Waals surface area contributed by atoms with Crippen LogP contribution in [-0.4, -0.2) is 36.6 Å². The van der Waals surface area contributed by atoms with E-state index < -0.39 is 0 Å². The fourth-order valence-corrected chi connectivity index (χ4v) is 3.24. The normalized spacial score (nSPS) is 20.4. The lowest BCUT2D eigenvalue weighted by Gasteiger charge is -2.18. The molecule has 1 heterocycles. The van der Waals surface area contributed by atoms with Gasteiger partial charge in [-0.2, -0.15) is 0 Å². The zero-order chi connectivity index (χ0) is 14.8. The van der Waals surface area contributed by atoms with Gasteiger partial charge in [-0.25, -0.2) is 0 Å². The molecule has 2 heteroatoms. The van der Waals surface area contributed by atoms with Crippen LogP contribution in [0.3, 0.4) is 0 Å². The second-order valence-electron chi connectivity index (χ2n) is 7.41. The first-order valence-electron chi connectivity index (χ1n) is 9.06. The predicted molar refractivity (Wildman–Crippen MR) is 90.3 cm³/mol. The summed E-state index contributed by atoms with van der Waals surface area (Å²) in [4.78, 5) is 2.65. The van der Waals surface area contributed by atoms with Crippen LogP contribution in [0, 0.1) is 5.92 Å². The number of hydrogen-bond acceptors (Lipinski definition) is 2. The Morgan fingerprint density at radius 3 is 2.25 bits per heavy atom. The first-order chi connectivity index (χ1) is 9.58. The molecule has 1 aliphatic heterocycles. The van der Waals surface area contributed by atoms with E-state index in [1.165, 1.54) is 71.0 Å². The molecule has 1 fully saturated rings. The van der Waals surface area contributed by atoms with Gasteiger partial charge in [0.1, 0.15) is 0 Å². The summed E-state index contributed by atoms with van der Waals surface area (Å²) in [6, 6.07) is 1.37. The van der Waals surface area contributed by atoms with Crippen molar-refractivity contribution >= 4 is 0 Å². The Morgan fingerprint density at radius 1 is 0.950 bits per heavy atom. The second kappa shape index (κ2) is 10.6. The minimum atomic E-state index is 0.630. The van der Waals surface area contributed by atoms with Crippen LogP contribution in [-0.2, 0) is 0 Å². The maximum absolute atomic E-state index is 3.66. The van der Waals surface area contributed by atoms with Crippen molar-refractivity contribution in [3.05, 3.63) is 0 Å². The van der Waals surface area contributed by atoms with Crippen LogP contribution >= 0.6 is 0 Å². The average Bonchev–Trinajstić information content (AvgIpc) is 2.79.